The number of aliphatic hydroxyl groups is 1. The van der Waals surface area contributed by atoms with E-state index in [-0.39, 0.29) is 35.1 Å². The zero-order valence-corrected chi connectivity index (χ0v) is 24.1. The molecule has 10 nitrogen and oxygen atoms in total. The van der Waals surface area contributed by atoms with Crippen LogP contribution in [0.5, 0.6) is 0 Å². The number of fused-ring (bicyclic) bond motifs is 1. The van der Waals surface area contributed by atoms with Gasteiger partial charge in [0.25, 0.3) is 0 Å². The van der Waals surface area contributed by atoms with Gasteiger partial charge in [0, 0.05) is 37.6 Å². The summed E-state index contributed by atoms with van der Waals surface area (Å²) in [4.78, 5) is 45.2. The molecule has 214 valence electrons. The number of nitrogens with one attached hydrogen (secondary N) is 2. The van der Waals surface area contributed by atoms with Gasteiger partial charge in [-0.25, -0.2) is 0 Å². The van der Waals surface area contributed by atoms with Crippen molar-refractivity contribution in [1.29, 1.82) is 0 Å². The predicted octanol–water partition coefficient (Wildman–Crippen LogP) is 0.516. The van der Waals surface area contributed by atoms with Crippen LogP contribution >= 0.6 is 15.9 Å². The Labute approximate surface area is 237 Å². The van der Waals surface area contributed by atoms with Crippen LogP contribution in [-0.4, -0.2) is 107 Å². The zero-order valence-electron chi connectivity index (χ0n) is 22.6. The summed E-state index contributed by atoms with van der Waals surface area (Å²) >= 11 is 3.70. The number of halogens is 1. The molecule has 11 heteroatoms. The number of aliphatic hydroxyl groups excluding tert-OH is 1. The number of hydrogen-bond donors (Lipinski definition) is 3. The van der Waals surface area contributed by atoms with Gasteiger partial charge in [0.15, 0.2) is 0 Å². The number of carbonyl (C=O) groups excluding carboxylic acids is 3. The highest BCUT2D eigenvalue weighted by molar-refractivity contribution is 9.09. The summed E-state index contributed by atoms with van der Waals surface area (Å²) in [6.45, 7) is 7.96. The highest BCUT2D eigenvalue weighted by atomic mass is 79.9. The van der Waals surface area contributed by atoms with E-state index < -0.39 is 35.6 Å². The molecule has 3 amide bonds. The molecule has 1 spiro atoms. The average Bonchev–Trinajstić information content (AvgIpc) is 3.52. The maximum Gasteiger partial charge on any atom is 0.245 e. The van der Waals surface area contributed by atoms with Crippen molar-refractivity contribution < 1.29 is 29.0 Å². The summed E-state index contributed by atoms with van der Waals surface area (Å²) in [5, 5.41) is 16.4. The molecule has 4 aliphatic rings. The van der Waals surface area contributed by atoms with Crippen LogP contribution in [0.15, 0.2) is 30.3 Å². The van der Waals surface area contributed by atoms with E-state index in [9.17, 15) is 19.5 Å². The summed E-state index contributed by atoms with van der Waals surface area (Å²) in [7, 11) is 0. The van der Waals surface area contributed by atoms with E-state index in [4.69, 9.17) is 9.47 Å². The van der Waals surface area contributed by atoms with Gasteiger partial charge in [-0.05, 0) is 17.9 Å². The maximum atomic E-state index is 14.1. The van der Waals surface area contributed by atoms with Crippen LogP contribution in [0.1, 0.15) is 25.8 Å². The number of nitrogens with zero attached hydrogens (tertiary/aromatic N) is 2. The molecule has 4 saturated heterocycles. The Morgan fingerprint density at radius 2 is 1.87 bits per heavy atom. The van der Waals surface area contributed by atoms with Gasteiger partial charge in [-0.1, -0.05) is 60.1 Å². The number of rotatable bonds is 10. The first-order chi connectivity index (χ1) is 18.8. The molecule has 3 N–H and O–H groups in total. The minimum Gasteiger partial charge on any atom is -0.394 e. The van der Waals surface area contributed by atoms with E-state index in [1.807, 2.05) is 44.2 Å². The van der Waals surface area contributed by atoms with Crippen molar-refractivity contribution in [3.63, 3.8) is 0 Å². The van der Waals surface area contributed by atoms with Gasteiger partial charge >= 0.3 is 0 Å². The SMILES string of the molecule is CC(C)[C@H](CO)N1C(=O)[C@@H]2[C@@H](C(=O)NCc3ccccc3)[C@@H]3OC2(CC3Br)C1C(=O)NCCN1CCOCC1. The quantitative estimate of drug-likeness (QED) is 0.332. The highest BCUT2D eigenvalue weighted by Gasteiger charge is 2.77. The van der Waals surface area contributed by atoms with Crippen LogP contribution in [0.3, 0.4) is 0 Å². The normalized spacial score (nSPS) is 32.9. The van der Waals surface area contributed by atoms with Crippen molar-refractivity contribution in [2.75, 3.05) is 46.0 Å². The lowest BCUT2D eigenvalue weighted by molar-refractivity contribution is -0.146. The number of likely N-dealkylation sites (tertiary alicyclic amines) is 1. The van der Waals surface area contributed by atoms with Gasteiger partial charge in [0.05, 0.1) is 43.8 Å². The third-order valence-corrected chi connectivity index (χ3v) is 9.58. The first-order valence-electron chi connectivity index (χ1n) is 13.9. The Hall–Kier alpha value is -2.05. The molecule has 1 aromatic carbocycles. The van der Waals surface area contributed by atoms with Crippen LogP contribution < -0.4 is 10.6 Å². The van der Waals surface area contributed by atoms with Crippen molar-refractivity contribution >= 4 is 33.7 Å². The molecular weight excluding hydrogens is 568 g/mol. The zero-order chi connectivity index (χ0) is 27.7. The summed E-state index contributed by atoms with van der Waals surface area (Å²) in [6, 6.07) is 8.09. The number of alkyl halides is 1. The molecule has 2 bridgehead atoms. The second kappa shape index (κ2) is 11.8. The Morgan fingerprint density at radius 3 is 2.54 bits per heavy atom. The largest absolute Gasteiger partial charge is 0.394 e. The first kappa shape index (κ1) is 28.5. The molecule has 4 aliphatic heterocycles. The van der Waals surface area contributed by atoms with E-state index >= 15 is 0 Å². The molecule has 4 heterocycles. The van der Waals surface area contributed by atoms with Crippen molar-refractivity contribution in [2.45, 2.75) is 55.4 Å². The van der Waals surface area contributed by atoms with Crippen LogP contribution in [0.2, 0.25) is 0 Å². The molecule has 0 radical (unpaired) electrons. The van der Waals surface area contributed by atoms with E-state index in [1.165, 1.54) is 4.90 Å². The second-order valence-corrected chi connectivity index (χ2v) is 12.5. The monoisotopic (exact) mass is 606 g/mol. The summed E-state index contributed by atoms with van der Waals surface area (Å²) < 4.78 is 12.0. The average molecular weight is 608 g/mol. The summed E-state index contributed by atoms with van der Waals surface area (Å²) in [6.07, 6.45) is -0.0858. The molecule has 5 rings (SSSR count). The fraction of sp³-hybridized carbons (Fsp3) is 0.679. The molecule has 0 aromatic heterocycles. The molecule has 0 saturated carbocycles. The molecule has 0 aliphatic carbocycles. The standard InChI is InChI=1S/C28H39BrN4O6/c1-17(2)20(16-34)33-24(26(36)30-8-9-32-10-12-38-13-11-32)28-14-19(29)23(39-28)21(22(28)27(33)37)25(35)31-15-18-6-4-3-5-7-18/h3-7,17,19-24,34H,8-16H2,1-2H3,(H,30,36)(H,31,35)/t19?,20-,21+,22-,23+,24?,28?/m0/s1. The lowest BCUT2D eigenvalue weighted by atomic mass is 9.70. The smallest absolute Gasteiger partial charge is 0.245 e. The van der Waals surface area contributed by atoms with Crippen LogP contribution in [0.4, 0.5) is 0 Å². The number of carbonyl (C=O) groups is 3. The Balaban J connectivity index is 1.39. The molecular formula is C28H39BrN4O6. The fourth-order valence-electron chi connectivity index (χ4n) is 6.81. The number of hydrogen-bond acceptors (Lipinski definition) is 7. The van der Waals surface area contributed by atoms with Crippen molar-refractivity contribution in [3.05, 3.63) is 35.9 Å². The van der Waals surface area contributed by atoms with Crippen molar-refractivity contribution in [3.8, 4) is 0 Å². The van der Waals surface area contributed by atoms with Crippen molar-refractivity contribution in [2.24, 2.45) is 17.8 Å². The van der Waals surface area contributed by atoms with Crippen LogP contribution in [0.25, 0.3) is 0 Å². The minimum absolute atomic E-state index is 0.0971. The Kier molecular flexibility index (Phi) is 8.63. The van der Waals surface area contributed by atoms with Gasteiger partial charge in [-0.15, -0.1) is 0 Å². The van der Waals surface area contributed by atoms with Gasteiger partial charge in [-0.2, -0.15) is 0 Å². The molecule has 3 unspecified atom stereocenters. The summed E-state index contributed by atoms with van der Waals surface area (Å²) in [5.41, 5.74) is -0.187. The fourth-order valence-corrected chi connectivity index (χ4v) is 7.75. The Morgan fingerprint density at radius 1 is 1.15 bits per heavy atom. The van der Waals surface area contributed by atoms with Gasteiger partial charge in [0.2, 0.25) is 17.7 Å². The van der Waals surface area contributed by atoms with Gasteiger partial charge in [0.1, 0.15) is 11.6 Å². The Bertz CT molecular complexity index is 1050. The first-order valence-corrected chi connectivity index (χ1v) is 14.8. The molecule has 4 fully saturated rings. The van der Waals surface area contributed by atoms with E-state index in [0.29, 0.717) is 39.3 Å². The highest BCUT2D eigenvalue weighted by Crippen LogP contribution is 2.60. The number of morpholine rings is 1. The minimum atomic E-state index is -1.14. The lowest BCUT2D eigenvalue weighted by Crippen LogP contribution is -2.59. The van der Waals surface area contributed by atoms with E-state index in [0.717, 1.165) is 18.7 Å². The third-order valence-electron chi connectivity index (χ3n) is 8.73. The third kappa shape index (κ3) is 5.24. The maximum absolute atomic E-state index is 14.1. The molecule has 1 aromatic rings. The van der Waals surface area contributed by atoms with Crippen LogP contribution in [0, 0.1) is 17.8 Å². The second-order valence-electron chi connectivity index (χ2n) is 11.4. The molecule has 7 atom stereocenters. The summed E-state index contributed by atoms with van der Waals surface area (Å²) in [5.74, 6) is -2.48. The lowest BCUT2D eigenvalue weighted by Gasteiger charge is -2.38. The van der Waals surface area contributed by atoms with E-state index in [1.54, 1.807) is 0 Å². The number of benzene rings is 1. The molecule has 39 heavy (non-hydrogen) atoms. The van der Waals surface area contributed by atoms with Crippen molar-refractivity contribution in [1.82, 2.24) is 20.4 Å². The number of ether oxygens (including phenoxy) is 2. The number of amides is 3. The van der Waals surface area contributed by atoms with E-state index in [2.05, 4.69) is 31.5 Å². The predicted molar refractivity (Wildman–Crippen MR) is 147 cm³/mol. The topological polar surface area (TPSA) is 120 Å². The van der Waals surface area contributed by atoms with Gasteiger partial charge in [-0.3, -0.25) is 19.3 Å². The van der Waals surface area contributed by atoms with Gasteiger partial charge < -0.3 is 30.1 Å². The van der Waals surface area contributed by atoms with Crippen LogP contribution in [-0.2, 0) is 30.4 Å².